The molecule has 0 aliphatic rings. The van der Waals surface area contributed by atoms with Crippen molar-refractivity contribution in [3.63, 3.8) is 0 Å². The maximum absolute atomic E-state index is 9.15. The van der Waals surface area contributed by atoms with Crippen LogP contribution in [0.25, 0.3) is 0 Å². The fourth-order valence-corrected chi connectivity index (χ4v) is 1.48. The van der Waals surface area contributed by atoms with E-state index < -0.39 is 0 Å². The number of aliphatic hydroxyl groups is 1. The summed E-state index contributed by atoms with van der Waals surface area (Å²) in [7, 11) is 0. The summed E-state index contributed by atoms with van der Waals surface area (Å²) in [6.45, 7) is 7.25. The van der Waals surface area contributed by atoms with Crippen LogP contribution < -0.4 is 9.47 Å². The number of hydrogen-bond donors (Lipinski definition) is 1. The maximum Gasteiger partial charge on any atom is 0.123 e. The van der Waals surface area contributed by atoms with Gasteiger partial charge in [-0.1, -0.05) is 6.92 Å². The maximum atomic E-state index is 9.15. The Morgan fingerprint density at radius 1 is 1.06 bits per heavy atom. The van der Waals surface area contributed by atoms with E-state index >= 15 is 0 Å². The van der Waals surface area contributed by atoms with Gasteiger partial charge in [-0.15, -0.1) is 0 Å². The molecule has 0 saturated heterocycles. The lowest BCUT2D eigenvalue weighted by Crippen LogP contribution is -2.02. The minimum absolute atomic E-state index is 0.0969. The zero-order valence-corrected chi connectivity index (χ0v) is 10.2. The van der Waals surface area contributed by atoms with Crippen LogP contribution in [0.2, 0.25) is 0 Å². The van der Waals surface area contributed by atoms with E-state index in [1.165, 1.54) is 0 Å². The van der Waals surface area contributed by atoms with Crippen LogP contribution in [-0.4, -0.2) is 24.9 Å². The molecule has 0 fully saturated rings. The van der Waals surface area contributed by atoms with E-state index in [1.807, 2.05) is 39.0 Å². The topological polar surface area (TPSA) is 38.7 Å². The van der Waals surface area contributed by atoms with Crippen molar-refractivity contribution in [2.75, 3.05) is 19.8 Å². The van der Waals surface area contributed by atoms with Crippen LogP contribution in [0.15, 0.2) is 18.2 Å². The Hall–Kier alpha value is -1.22. The first kappa shape index (κ1) is 12.8. The van der Waals surface area contributed by atoms with Crippen LogP contribution in [0.1, 0.15) is 32.3 Å². The van der Waals surface area contributed by atoms with E-state index in [1.54, 1.807) is 0 Å². The van der Waals surface area contributed by atoms with Crippen molar-refractivity contribution in [2.24, 2.45) is 0 Å². The smallest absolute Gasteiger partial charge is 0.123 e. The Morgan fingerprint density at radius 3 is 1.94 bits per heavy atom. The summed E-state index contributed by atoms with van der Waals surface area (Å²) in [6.07, 6.45) is 0. The molecule has 90 valence electrons. The van der Waals surface area contributed by atoms with Gasteiger partial charge in [-0.05, 0) is 31.5 Å². The van der Waals surface area contributed by atoms with Crippen molar-refractivity contribution in [1.82, 2.24) is 0 Å². The highest BCUT2D eigenvalue weighted by atomic mass is 16.5. The zero-order chi connectivity index (χ0) is 12.0. The predicted molar refractivity (Wildman–Crippen MR) is 64.3 cm³/mol. The largest absolute Gasteiger partial charge is 0.494 e. The SMILES string of the molecule is CCOc1cc(OCC)cc(C(C)CO)c1. The van der Waals surface area contributed by atoms with Crippen LogP contribution in [0.5, 0.6) is 11.5 Å². The highest BCUT2D eigenvalue weighted by Gasteiger charge is 2.08. The lowest BCUT2D eigenvalue weighted by atomic mass is 10.0. The molecule has 0 spiro atoms. The average Bonchev–Trinajstić information content (AvgIpc) is 2.28. The van der Waals surface area contributed by atoms with E-state index in [0.29, 0.717) is 13.2 Å². The van der Waals surface area contributed by atoms with Crippen molar-refractivity contribution in [3.8, 4) is 11.5 Å². The van der Waals surface area contributed by atoms with E-state index in [9.17, 15) is 0 Å². The third kappa shape index (κ3) is 3.42. The van der Waals surface area contributed by atoms with Gasteiger partial charge in [0.15, 0.2) is 0 Å². The number of aliphatic hydroxyl groups excluding tert-OH is 1. The Labute approximate surface area is 97.0 Å². The van der Waals surface area contributed by atoms with Crippen molar-refractivity contribution >= 4 is 0 Å². The minimum atomic E-state index is 0.0969. The monoisotopic (exact) mass is 224 g/mol. The fourth-order valence-electron chi connectivity index (χ4n) is 1.48. The molecule has 0 saturated carbocycles. The second-order valence-electron chi connectivity index (χ2n) is 3.69. The summed E-state index contributed by atoms with van der Waals surface area (Å²) in [6, 6.07) is 5.78. The van der Waals surface area contributed by atoms with Crippen LogP contribution in [0.4, 0.5) is 0 Å². The molecular weight excluding hydrogens is 204 g/mol. The number of rotatable bonds is 6. The van der Waals surface area contributed by atoms with Crippen molar-refractivity contribution in [3.05, 3.63) is 23.8 Å². The van der Waals surface area contributed by atoms with E-state index in [4.69, 9.17) is 14.6 Å². The number of ether oxygens (including phenoxy) is 2. The lowest BCUT2D eigenvalue weighted by molar-refractivity contribution is 0.271. The molecule has 0 radical (unpaired) electrons. The molecule has 0 bridgehead atoms. The van der Waals surface area contributed by atoms with Gasteiger partial charge in [0, 0.05) is 18.6 Å². The molecule has 1 rings (SSSR count). The molecule has 0 amide bonds. The van der Waals surface area contributed by atoms with Gasteiger partial charge in [0.1, 0.15) is 11.5 Å². The molecule has 1 atom stereocenters. The Morgan fingerprint density at radius 2 is 1.56 bits per heavy atom. The standard InChI is InChI=1S/C13H20O3/c1-4-15-12-6-11(10(3)9-14)7-13(8-12)16-5-2/h6-8,10,14H,4-5,9H2,1-3H3. The first-order valence-electron chi connectivity index (χ1n) is 5.72. The first-order valence-corrected chi connectivity index (χ1v) is 5.72. The molecule has 1 aromatic carbocycles. The molecule has 1 aromatic rings. The molecule has 3 nitrogen and oxygen atoms in total. The van der Waals surface area contributed by atoms with Gasteiger partial charge >= 0.3 is 0 Å². The quantitative estimate of drug-likeness (QED) is 0.807. The molecule has 1 unspecified atom stereocenters. The Balaban J connectivity index is 2.97. The van der Waals surface area contributed by atoms with Gasteiger partial charge in [-0.3, -0.25) is 0 Å². The molecule has 0 aliphatic heterocycles. The highest BCUT2D eigenvalue weighted by Crippen LogP contribution is 2.27. The van der Waals surface area contributed by atoms with Crippen molar-refractivity contribution in [1.29, 1.82) is 0 Å². The summed E-state index contributed by atoms with van der Waals surface area (Å²) in [4.78, 5) is 0. The highest BCUT2D eigenvalue weighted by molar-refractivity contribution is 5.40. The van der Waals surface area contributed by atoms with Gasteiger partial charge in [-0.2, -0.15) is 0 Å². The van der Waals surface area contributed by atoms with Gasteiger partial charge in [0.2, 0.25) is 0 Å². The van der Waals surface area contributed by atoms with Gasteiger partial charge in [-0.25, -0.2) is 0 Å². The lowest BCUT2D eigenvalue weighted by Gasteiger charge is -2.13. The van der Waals surface area contributed by atoms with Gasteiger partial charge in [0.25, 0.3) is 0 Å². The van der Waals surface area contributed by atoms with Crippen molar-refractivity contribution in [2.45, 2.75) is 26.7 Å². The average molecular weight is 224 g/mol. The summed E-state index contributed by atoms with van der Waals surface area (Å²) in [5.74, 6) is 1.69. The van der Waals surface area contributed by atoms with E-state index in [2.05, 4.69) is 0 Å². The van der Waals surface area contributed by atoms with Gasteiger partial charge < -0.3 is 14.6 Å². The molecule has 16 heavy (non-hydrogen) atoms. The molecule has 1 N–H and O–H groups in total. The Bertz CT molecular complexity index is 299. The zero-order valence-electron chi connectivity index (χ0n) is 10.2. The Kier molecular flexibility index (Phi) is 5.12. The molecule has 0 aromatic heterocycles. The summed E-state index contributed by atoms with van der Waals surface area (Å²) < 4.78 is 10.9. The molecular formula is C13H20O3. The van der Waals surface area contributed by atoms with Gasteiger partial charge in [0.05, 0.1) is 13.2 Å². The molecule has 0 aliphatic carbocycles. The van der Waals surface area contributed by atoms with Crippen LogP contribution in [-0.2, 0) is 0 Å². The predicted octanol–water partition coefficient (Wildman–Crippen LogP) is 2.58. The third-order valence-electron chi connectivity index (χ3n) is 2.37. The van der Waals surface area contributed by atoms with E-state index in [-0.39, 0.29) is 12.5 Å². The molecule has 0 heterocycles. The molecule has 3 heteroatoms. The second kappa shape index (κ2) is 6.38. The number of benzene rings is 1. The normalized spacial score (nSPS) is 12.2. The van der Waals surface area contributed by atoms with Crippen LogP contribution in [0.3, 0.4) is 0 Å². The van der Waals surface area contributed by atoms with Crippen LogP contribution in [0, 0.1) is 0 Å². The summed E-state index contributed by atoms with van der Waals surface area (Å²) >= 11 is 0. The fraction of sp³-hybridized carbons (Fsp3) is 0.538. The number of hydrogen-bond acceptors (Lipinski definition) is 3. The second-order valence-corrected chi connectivity index (χ2v) is 3.69. The third-order valence-corrected chi connectivity index (χ3v) is 2.37. The first-order chi connectivity index (χ1) is 7.71. The van der Waals surface area contributed by atoms with E-state index in [0.717, 1.165) is 17.1 Å². The minimum Gasteiger partial charge on any atom is -0.494 e. The van der Waals surface area contributed by atoms with Crippen LogP contribution >= 0.6 is 0 Å². The summed E-state index contributed by atoms with van der Waals surface area (Å²) in [5.41, 5.74) is 1.04. The van der Waals surface area contributed by atoms with Crippen molar-refractivity contribution < 1.29 is 14.6 Å². The summed E-state index contributed by atoms with van der Waals surface area (Å²) in [5, 5.41) is 9.15.